The fourth-order valence-corrected chi connectivity index (χ4v) is 4.35. The van der Waals surface area contributed by atoms with Gasteiger partial charge in [-0.05, 0) is 44.0 Å². The van der Waals surface area contributed by atoms with Gasteiger partial charge in [-0.2, -0.15) is 4.31 Å². The van der Waals surface area contributed by atoms with E-state index in [1.807, 2.05) is 43.6 Å². The minimum absolute atomic E-state index is 0.231. The van der Waals surface area contributed by atoms with E-state index in [2.05, 4.69) is 4.57 Å². The van der Waals surface area contributed by atoms with Crippen LogP contribution >= 0.6 is 0 Å². The van der Waals surface area contributed by atoms with Crippen LogP contribution in [0.5, 0.6) is 0 Å². The van der Waals surface area contributed by atoms with Crippen LogP contribution in [-0.2, 0) is 10.0 Å². The van der Waals surface area contributed by atoms with E-state index in [-0.39, 0.29) is 6.04 Å². The molecule has 0 saturated carbocycles. The molecule has 1 aliphatic rings. The predicted molar refractivity (Wildman–Crippen MR) is 82.6 cm³/mol. The smallest absolute Gasteiger partial charge is 0.243 e. The van der Waals surface area contributed by atoms with Gasteiger partial charge in [0, 0.05) is 31.5 Å². The van der Waals surface area contributed by atoms with Gasteiger partial charge in [0.05, 0.1) is 4.90 Å². The molecule has 2 heterocycles. The van der Waals surface area contributed by atoms with Gasteiger partial charge < -0.3 is 4.57 Å². The highest BCUT2D eigenvalue weighted by atomic mass is 32.2. The lowest BCUT2D eigenvalue weighted by Gasteiger charge is -2.32. The first-order valence-electron chi connectivity index (χ1n) is 7.26. The molecule has 0 radical (unpaired) electrons. The molecule has 2 aromatic rings. The molecular formula is C16H20N2O2S. The van der Waals surface area contributed by atoms with Gasteiger partial charge in [-0.25, -0.2) is 8.42 Å². The maximum Gasteiger partial charge on any atom is 0.243 e. The van der Waals surface area contributed by atoms with Gasteiger partial charge in [0.1, 0.15) is 0 Å². The monoisotopic (exact) mass is 304 g/mol. The summed E-state index contributed by atoms with van der Waals surface area (Å²) in [5.41, 5.74) is 1.07. The minimum atomic E-state index is -3.38. The number of rotatable bonds is 3. The Labute approximate surface area is 126 Å². The number of benzene rings is 1. The lowest BCUT2D eigenvalue weighted by atomic mass is 10.1. The summed E-state index contributed by atoms with van der Waals surface area (Å²) in [6, 6.07) is 11.3. The van der Waals surface area contributed by atoms with E-state index in [1.165, 1.54) is 0 Å². The van der Waals surface area contributed by atoms with Crippen molar-refractivity contribution < 1.29 is 8.42 Å². The van der Waals surface area contributed by atoms with Crippen LogP contribution in [0.25, 0.3) is 0 Å². The predicted octanol–water partition coefficient (Wildman–Crippen LogP) is 2.82. The van der Waals surface area contributed by atoms with Gasteiger partial charge in [0.15, 0.2) is 0 Å². The molecule has 1 aliphatic heterocycles. The summed E-state index contributed by atoms with van der Waals surface area (Å²) >= 11 is 0. The highest BCUT2D eigenvalue weighted by molar-refractivity contribution is 7.89. The molecule has 21 heavy (non-hydrogen) atoms. The summed E-state index contributed by atoms with van der Waals surface area (Å²) in [6.45, 7) is 3.11. The summed E-state index contributed by atoms with van der Waals surface area (Å²) in [7, 11) is -3.38. The van der Waals surface area contributed by atoms with Crippen molar-refractivity contribution in [3.8, 4) is 0 Å². The Bertz CT molecular complexity index is 690. The third-order valence-electron chi connectivity index (χ3n) is 4.07. The Morgan fingerprint density at radius 1 is 1.10 bits per heavy atom. The number of hydrogen-bond acceptors (Lipinski definition) is 2. The van der Waals surface area contributed by atoms with Crippen LogP contribution in [0, 0.1) is 6.92 Å². The van der Waals surface area contributed by atoms with Gasteiger partial charge in [-0.15, -0.1) is 0 Å². The fraction of sp³-hybridized carbons (Fsp3) is 0.375. The van der Waals surface area contributed by atoms with E-state index in [4.69, 9.17) is 0 Å². The third-order valence-corrected chi connectivity index (χ3v) is 5.95. The van der Waals surface area contributed by atoms with Crippen LogP contribution in [0.2, 0.25) is 0 Å². The molecule has 112 valence electrons. The van der Waals surface area contributed by atoms with Crippen molar-refractivity contribution in [3.05, 3.63) is 54.4 Å². The molecule has 0 N–H and O–H groups in total. The highest BCUT2D eigenvalue weighted by Crippen LogP contribution is 2.26. The molecule has 1 saturated heterocycles. The Hall–Kier alpha value is -1.59. The average Bonchev–Trinajstić information content (AvgIpc) is 3.02. The van der Waals surface area contributed by atoms with Crippen molar-refractivity contribution in [2.24, 2.45) is 0 Å². The summed E-state index contributed by atoms with van der Waals surface area (Å²) < 4.78 is 29.2. The molecule has 5 heteroatoms. The van der Waals surface area contributed by atoms with Crippen molar-refractivity contribution in [2.75, 3.05) is 13.1 Å². The van der Waals surface area contributed by atoms with Crippen LogP contribution in [0.4, 0.5) is 0 Å². The number of nitrogens with zero attached hydrogens (tertiary/aromatic N) is 2. The third kappa shape index (κ3) is 2.89. The zero-order valence-electron chi connectivity index (χ0n) is 12.1. The zero-order chi connectivity index (χ0) is 14.9. The molecular weight excluding hydrogens is 284 g/mol. The number of sulfonamides is 1. The Balaban J connectivity index is 1.83. The Kier molecular flexibility index (Phi) is 3.87. The number of hydrogen-bond donors (Lipinski definition) is 0. The van der Waals surface area contributed by atoms with Crippen LogP contribution in [-0.4, -0.2) is 30.4 Å². The van der Waals surface area contributed by atoms with Gasteiger partial charge in [-0.1, -0.05) is 17.7 Å². The normalized spacial score (nSPS) is 20.5. The number of aryl methyl sites for hydroxylation is 1. The molecule has 0 amide bonds. The first-order chi connectivity index (χ1) is 10.1. The van der Waals surface area contributed by atoms with E-state index in [1.54, 1.807) is 16.4 Å². The molecule has 0 spiro atoms. The lowest BCUT2D eigenvalue weighted by molar-refractivity contribution is 0.267. The second-order valence-corrected chi connectivity index (χ2v) is 7.54. The summed E-state index contributed by atoms with van der Waals surface area (Å²) in [5.74, 6) is 0. The number of aromatic nitrogens is 1. The molecule has 0 aliphatic carbocycles. The Morgan fingerprint density at radius 2 is 1.76 bits per heavy atom. The molecule has 0 unspecified atom stereocenters. The zero-order valence-corrected chi connectivity index (χ0v) is 13.0. The van der Waals surface area contributed by atoms with E-state index in [0.717, 1.165) is 18.4 Å². The van der Waals surface area contributed by atoms with E-state index in [0.29, 0.717) is 18.0 Å². The first kappa shape index (κ1) is 14.4. The minimum Gasteiger partial charge on any atom is -0.350 e. The van der Waals surface area contributed by atoms with E-state index < -0.39 is 10.0 Å². The van der Waals surface area contributed by atoms with Crippen molar-refractivity contribution >= 4 is 10.0 Å². The molecule has 1 atom stereocenters. The standard InChI is InChI=1S/C16H20N2O2S/c1-14-6-8-16(9-7-14)21(19,20)18-12-4-5-15(13-18)17-10-2-3-11-17/h2-3,6-11,15H,4-5,12-13H2,1H3/t15-/m0/s1. The van der Waals surface area contributed by atoms with Crippen molar-refractivity contribution in [1.29, 1.82) is 0 Å². The number of piperidine rings is 1. The molecule has 1 fully saturated rings. The SMILES string of the molecule is Cc1ccc(S(=O)(=O)N2CCC[C@H](n3cccc3)C2)cc1. The highest BCUT2D eigenvalue weighted by Gasteiger charge is 2.30. The summed E-state index contributed by atoms with van der Waals surface area (Å²) in [4.78, 5) is 0.390. The van der Waals surface area contributed by atoms with Gasteiger partial charge in [0.25, 0.3) is 0 Å². The molecule has 1 aromatic carbocycles. The van der Waals surface area contributed by atoms with Gasteiger partial charge in [0.2, 0.25) is 10.0 Å². The van der Waals surface area contributed by atoms with Crippen molar-refractivity contribution in [2.45, 2.75) is 30.7 Å². The largest absolute Gasteiger partial charge is 0.350 e. The lowest BCUT2D eigenvalue weighted by Crippen LogP contribution is -2.40. The first-order valence-corrected chi connectivity index (χ1v) is 8.71. The molecule has 3 rings (SSSR count). The van der Waals surface area contributed by atoms with Crippen molar-refractivity contribution in [3.63, 3.8) is 0 Å². The maximum absolute atomic E-state index is 12.7. The van der Waals surface area contributed by atoms with Crippen LogP contribution in [0.15, 0.2) is 53.7 Å². The van der Waals surface area contributed by atoms with E-state index >= 15 is 0 Å². The maximum atomic E-state index is 12.7. The van der Waals surface area contributed by atoms with Crippen LogP contribution in [0.1, 0.15) is 24.4 Å². The van der Waals surface area contributed by atoms with Crippen molar-refractivity contribution in [1.82, 2.24) is 8.87 Å². The molecule has 0 bridgehead atoms. The summed E-state index contributed by atoms with van der Waals surface area (Å²) in [6.07, 6.45) is 5.93. The fourth-order valence-electron chi connectivity index (χ4n) is 2.83. The second kappa shape index (κ2) is 5.66. The van der Waals surface area contributed by atoms with Gasteiger partial charge in [-0.3, -0.25) is 0 Å². The van der Waals surface area contributed by atoms with Gasteiger partial charge >= 0.3 is 0 Å². The van der Waals surface area contributed by atoms with E-state index in [9.17, 15) is 8.42 Å². The molecule has 4 nitrogen and oxygen atoms in total. The molecule has 1 aromatic heterocycles. The second-order valence-electron chi connectivity index (χ2n) is 5.60. The topological polar surface area (TPSA) is 42.3 Å². The quantitative estimate of drug-likeness (QED) is 0.875. The average molecular weight is 304 g/mol. The summed E-state index contributed by atoms with van der Waals surface area (Å²) in [5, 5.41) is 0. The van der Waals surface area contributed by atoms with Crippen LogP contribution < -0.4 is 0 Å². The Morgan fingerprint density at radius 3 is 2.43 bits per heavy atom. The van der Waals surface area contributed by atoms with Crippen LogP contribution in [0.3, 0.4) is 0 Å².